The minimum atomic E-state index is -0.853. The number of β-amino-alcohol motifs (C(OH)–C–C–N with tert-alkyl or cyclic N) is 1. The number of aliphatic hydroxyl groups is 1. The molecule has 1 aliphatic heterocycles. The predicted octanol–water partition coefficient (Wildman–Crippen LogP) is 2.76. The predicted molar refractivity (Wildman–Crippen MR) is 99.8 cm³/mol. The van der Waals surface area contributed by atoms with Crippen LogP contribution in [-0.2, 0) is 11.3 Å². The number of rotatable bonds is 4. The molecule has 142 valence electrons. The van der Waals surface area contributed by atoms with Crippen LogP contribution in [0.4, 0.5) is 14.9 Å². The van der Waals surface area contributed by atoms with Gasteiger partial charge in [-0.25, -0.2) is 9.18 Å². The Labute approximate surface area is 160 Å². The fourth-order valence-corrected chi connectivity index (χ4v) is 3.23. The van der Waals surface area contributed by atoms with Crippen molar-refractivity contribution in [1.82, 2.24) is 10.2 Å². The van der Waals surface area contributed by atoms with E-state index in [2.05, 4.69) is 10.6 Å². The number of urea groups is 1. The monoisotopic (exact) mass is 391 g/mol. The lowest BCUT2D eigenvalue weighted by atomic mass is 10.1. The zero-order chi connectivity index (χ0) is 19.4. The molecule has 0 aromatic heterocycles. The second kappa shape index (κ2) is 8.37. The summed E-state index contributed by atoms with van der Waals surface area (Å²) in [6, 6.07) is 11.7. The highest BCUT2D eigenvalue weighted by molar-refractivity contribution is 6.31. The molecule has 3 rings (SSSR count). The van der Waals surface area contributed by atoms with E-state index in [0.717, 1.165) is 0 Å². The number of hydrogen-bond donors (Lipinski definition) is 3. The van der Waals surface area contributed by atoms with Crippen LogP contribution in [0.1, 0.15) is 12.0 Å². The first-order chi connectivity index (χ1) is 13.0. The summed E-state index contributed by atoms with van der Waals surface area (Å²) in [4.78, 5) is 26.3. The second-order valence-corrected chi connectivity index (χ2v) is 6.68. The summed E-state index contributed by atoms with van der Waals surface area (Å²) >= 11 is 5.96. The summed E-state index contributed by atoms with van der Waals surface area (Å²) < 4.78 is 13.8. The number of likely N-dealkylation sites (tertiary alicyclic amines) is 1. The summed E-state index contributed by atoms with van der Waals surface area (Å²) in [5, 5.41) is 15.4. The number of anilines is 1. The van der Waals surface area contributed by atoms with Crippen LogP contribution in [0.15, 0.2) is 48.5 Å². The molecule has 27 heavy (non-hydrogen) atoms. The molecule has 1 fully saturated rings. The van der Waals surface area contributed by atoms with Gasteiger partial charge in [0.05, 0.1) is 6.10 Å². The van der Waals surface area contributed by atoms with Crippen LogP contribution in [0.25, 0.3) is 0 Å². The third-order valence-electron chi connectivity index (χ3n) is 4.37. The van der Waals surface area contributed by atoms with E-state index < -0.39 is 29.9 Å². The maximum absolute atomic E-state index is 13.8. The number of hydrogen-bond acceptors (Lipinski definition) is 3. The Morgan fingerprint density at radius 1 is 1.19 bits per heavy atom. The van der Waals surface area contributed by atoms with Gasteiger partial charge in [-0.15, -0.1) is 0 Å². The third kappa shape index (κ3) is 4.56. The van der Waals surface area contributed by atoms with Crippen molar-refractivity contribution in [2.24, 2.45) is 0 Å². The summed E-state index contributed by atoms with van der Waals surface area (Å²) in [6.45, 7) is -0.0672. The lowest BCUT2D eigenvalue weighted by Crippen LogP contribution is -2.47. The van der Waals surface area contributed by atoms with Gasteiger partial charge in [0, 0.05) is 35.8 Å². The largest absolute Gasteiger partial charge is 0.391 e. The highest BCUT2D eigenvalue weighted by atomic mass is 35.5. The fourth-order valence-electron chi connectivity index (χ4n) is 3.00. The van der Waals surface area contributed by atoms with E-state index in [0.29, 0.717) is 5.69 Å². The molecule has 0 spiro atoms. The number of para-hydroxylation sites is 1. The number of nitrogens with zero attached hydrogens (tertiary/aromatic N) is 1. The standard InChI is InChI=1S/C19H19ClFN3O3/c20-15-7-4-8-16(21)14(15)10-22-18(26)17-9-13(25)11-24(17)19(27)23-12-5-2-1-3-6-12/h1-8,13,17,25H,9-11H2,(H,22,26)(H,23,27)/t13-,17-/m1/s1. The van der Waals surface area contributed by atoms with Crippen LogP contribution in [0.2, 0.25) is 5.02 Å². The molecule has 0 aliphatic carbocycles. The SMILES string of the molecule is O=C(NCc1c(F)cccc1Cl)[C@H]1C[C@@H](O)CN1C(=O)Nc1ccccc1. The van der Waals surface area contributed by atoms with E-state index in [1.807, 2.05) is 6.07 Å². The number of benzene rings is 2. The Morgan fingerprint density at radius 2 is 1.93 bits per heavy atom. The van der Waals surface area contributed by atoms with Gasteiger partial charge in [0.1, 0.15) is 11.9 Å². The van der Waals surface area contributed by atoms with Crippen LogP contribution in [0, 0.1) is 5.82 Å². The molecule has 3 N–H and O–H groups in total. The number of nitrogens with one attached hydrogen (secondary N) is 2. The molecule has 2 aromatic rings. The quantitative estimate of drug-likeness (QED) is 0.749. The zero-order valence-corrected chi connectivity index (χ0v) is 15.1. The fraction of sp³-hybridized carbons (Fsp3) is 0.263. The molecule has 8 heteroatoms. The molecule has 3 amide bonds. The van der Waals surface area contributed by atoms with Gasteiger partial charge in [0.2, 0.25) is 5.91 Å². The van der Waals surface area contributed by atoms with Crippen molar-refractivity contribution in [3.63, 3.8) is 0 Å². The van der Waals surface area contributed by atoms with E-state index in [4.69, 9.17) is 11.6 Å². The smallest absolute Gasteiger partial charge is 0.322 e. The van der Waals surface area contributed by atoms with Gasteiger partial charge in [-0.1, -0.05) is 35.9 Å². The van der Waals surface area contributed by atoms with E-state index in [9.17, 15) is 19.1 Å². The molecule has 1 aliphatic rings. The van der Waals surface area contributed by atoms with Gasteiger partial charge >= 0.3 is 6.03 Å². The van der Waals surface area contributed by atoms with Crippen molar-refractivity contribution in [2.75, 3.05) is 11.9 Å². The van der Waals surface area contributed by atoms with E-state index in [1.165, 1.54) is 23.1 Å². The highest BCUT2D eigenvalue weighted by Gasteiger charge is 2.39. The normalized spacial score (nSPS) is 19.0. The van der Waals surface area contributed by atoms with Crippen molar-refractivity contribution in [2.45, 2.75) is 25.1 Å². The maximum Gasteiger partial charge on any atom is 0.322 e. The lowest BCUT2D eigenvalue weighted by Gasteiger charge is -2.24. The van der Waals surface area contributed by atoms with E-state index in [-0.39, 0.29) is 30.1 Å². The number of carbonyl (C=O) groups excluding carboxylic acids is 2. The van der Waals surface area contributed by atoms with Crippen molar-refractivity contribution in [3.8, 4) is 0 Å². The lowest BCUT2D eigenvalue weighted by molar-refractivity contribution is -0.124. The molecule has 0 bridgehead atoms. The Kier molecular flexibility index (Phi) is 5.93. The van der Waals surface area contributed by atoms with Gasteiger partial charge in [-0.2, -0.15) is 0 Å². The number of carbonyl (C=O) groups is 2. The Hall–Kier alpha value is -2.64. The minimum Gasteiger partial charge on any atom is -0.391 e. The highest BCUT2D eigenvalue weighted by Crippen LogP contribution is 2.22. The summed E-state index contributed by atoms with van der Waals surface area (Å²) in [5.41, 5.74) is 0.757. The first-order valence-corrected chi connectivity index (χ1v) is 8.85. The molecular weight excluding hydrogens is 373 g/mol. The van der Waals surface area contributed by atoms with Crippen molar-refractivity contribution < 1.29 is 19.1 Å². The van der Waals surface area contributed by atoms with Crippen LogP contribution in [0.3, 0.4) is 0 Å². The maximum atomic E-state index is 13.8. The summed E-state index contributed by atoms with van der Waals surface area (Å²) in [6.07, 6.45) is -0.696. The number of halogens is 2. The number of amides is 3. The minimum absolute atomic E-state index is 0.0389. The van der Waals surface area contributed by atoms with Crippen LogP contribution in [0.5, 0.6) is 0 Å². The van der Waals surface area contributed by atoms with Crippen molar-refractivity contribution in [1.29, 1.82) is 0 Å². The van der Waals surface area contributed by atoms with E-state index >= 15 is 0 Å². The molecule has 2 atom stereocenters. The Bertz CT molecular complexity index is 814. The topological polar surface area (TPSA) is 81.7 Å². The van der Waals surface area contributed by atoms with Crippen LogP contribution in [-0.4, -0.2) is 40.6 Å². The molecular formula is C19H19ClFN3O3. The van der Waals surface area contributed by atoms with Crippen molar-refractivity contribution >= 4 is 29.2 Å². The Morgan fingerprint density at radius 3 is 2.63 bits per heavy atom. The van der Waals surface area contributed by atoms with Gasteiger partial charge in [0.15, 0.2) is 0 Å². The van der Waals surface area contributed by atoms with Gasteiger partial charge in [0.25, 0.3) is 0 Å². The molecule has 1 heterocycles. The third-order valence-corrected chi connectivity index (χ3v) is 4.72. The van der Waals surface area contributed by atoms with Crippen molar-refractivity contribution in [3.05, 3.63) is 64.9 Å². The molecule has 1 saturated heterocycles. The van der Waals surface area contributed by atoms with Gasteiger partial charge in [-0.05, 0) is 24.3 Å². The molecule has 2 aromatic carbocycles. The average Bonchev–Trinajstić information content (AvgIpc) is 3.04. The molecule has 0 saturated carbocycles. The molecule has 0 unspecified atom stereocenters. The van der Waals surface area contributed by atoms with Gasteiger partial charge < -0.3 is 20.6 Å². The van der Waals surface area contributed by atoms with Crippen LogP contribution < -0.4 is 10.6 Å². The van der Waals surface area contributed by atoms with E-state index in [1.54, 1.807) is 24.3 Å². The Balaban J connectivity index is 1.66. The van der Waals surface area contributed by atoms with Gasteiger partial charge in [-0.3, -0.25) is 4.79 Å². The zero-order valence-electron chi connectivity index (χ0n) is 14.4. The first kappa shape index (κ1) is 19.1. The molecule has 6 nitrogen and oxygen atoms in total. The summed E-state index contributed by atoms with van der Waals surface area (Å²) in [7, 11) is 0. The first-order valence-electron chi connectivity index (χ1n) is 8.47. The van der Waals surface area contributed by atoms with Crippen LogP contribution >= 0.6 is 11.6 Å². The average molecular weight is 392 g/mol. The number of aliphatic hydroxyl groups excluding tert-OH is 1. The second-order valence-electron chi connectivity index (χ2n) is 6.27. The summed E-state index contributed by atoms with van der Waals surface area (Å²) in [5.74, 6) is -0.998. The molecule has 0 radical (unpaired) electrons.